The van der Waals surface area contributed by atoms with Crippen LogP contribution in [0.3, 0.4) is 0 Å². The van der Waals surface area contributed by atoms with Gasteiger partial charge in [-0.1, -0.05) is 0 Å². The maximum Gasteiger partial charge on any atom is 0.323 e. The minimum atomic E-state index is -0.128. The smallest absolute Gasteiger partial charge is 0.323 e. The van der Waals surface area contributed by atoms with Crippen molar-refractivity contribution < 1.29 is 9.21 Å². The number of hydrogen-bond donors (Lipinski definition) is 1. The van der Waals surface area contributed by atoms with Crippen LogP contribution in [0.4, 0.5) is 10.6 Å². The molecule has 6 heteroatoms. The summed E-state index contributed by atoms with van der Waals surface area (Å²) in [6.45, 7) is 0.556. The summed E-state index contributed by atoms with van der Waals surface area (Å²) in [6, 6.07) is 5.86. The van der Waals surface area contributed by atoms with Gasteiger partial charge in [-0.3, -0.25) is 5.32 Å². The van der Waals surface area contributed by atoms with Crippen molar-refractivity contribution >= 4 is 11.8 Å². The number of carbonyl (C=O) groups is 1. The van der Waals surface area contributed by atoms with Gasteiger partial charge in [0.2, 0.25) is 0 Å². The Hall–Kier alpha value is -2.37. The Balaban J connectivity index is 1.42. The first kappa shape index (κ1) is 13.3. The molecule has 0 radical (unpaired) electrons. The number of urea groups is 1. The van der Waals surface area contributed by atoms with Crippen LogP contribution >= 0.6 is 0 Å². The van der Waals surface area contributed by atoms with E-state index in [1.54, 1.807) is 12.5 Å². The summed E-state index contributed by atoms with van der Waals surface area (Å²) in [5.41, 5.74) is 2.02. The van der Waals surface area contributed by atoms with Gasteiger partial charge in [-0.2, -0.15) is 5.10 Å². The predicted molar refractivity (Wildman–Crippen MR) is 80.3 cm³/mol. The fraction of sp³-hybridized carbons (Fsp3) is 0.438. The van der Waals surface area contributed by atoms with Gasteiger partial charge in [0.05, 0.1) is 24.8 Å². The molecular weight excluding hydrogens is 280 g/mol. The normalized spacial score (nSPS) is 17.3. The number of nitrogens with one attached hydrogen (secondary N) is 1. The quantitative estimate of drug-likeness (QED) is 0.920. The minimum Gasteiger partial charge on any atom is -0.472 e. The van der Waals surface area contributed by atoms with Crippen LogP contribution in [0, 0.1) is 0 Å². The summed E-state index contributed by atoms with van der Waals surface area (Å²) in [4.78, 5) is 14.3. The van der Waals surface area contributed by atoms with Gasteiger partial charge in [0.1, 0.15) is 0 Å². The first-order chi connectivity index (χ1) is 10.8. The van der Waals surface area contributed by atoms with E-state index in [-0.39, 0.29) is 6.03 Å². The number of amides is 2. The van der Waals surface area contributed by atoms with Gasteiger partial charge < -0.3 is 9.32 Å². The van der Waals surface area contributed by atoms with Crippen molar-refractivity contribution in [3.05, 3.63) is 42.0 Å². The van der Waals surface area contributed by atoms with E-state index in [9.17, 15) is 4.79 Å². The summed E-state index contributed by atoms with van der Waals surface area (Å²) in [5.74, 6) is 1.08. The molecule has 2 aliphatic rings. The summed E-state index contributed by atoms with van der Waals surface area (Å²) >= 11 is 0. The molecular formula is C16H18N4O2. The van der Waals surface area contributed by atoms with Gasteiger partial charge >= 0.3 is 6.03 Å². The fourth-order valence-corrected chi connectivity index (χ4v) is 2.52. The Morgan fingerprint density at radius 1 is 1.23 bits per heavy atom. The lowest BCUT2D eigenvalue weighted by Crippen LogP contribution is -2.36. The van der Waals surface area contributed by atoms with Crippen LogP contribution in [0.2, 0.25) is 0 Å². The predicted octanol–water partition coefficient (Wildman–Crippen LogP) is 3.14. The first-order valence-corrected chi connectivity index (χ1v) is 7.72. The molecule has 2 aliphatic carbocycles. The molecule has 0 spiro atoms. The molecule has 114 valence electrons. The number of hydrogen-bond acceptors (Lipinski definition) is 4. The monoisotopic (exact) mass is 298 g/mol. The van der Waals surface area contributed by atoms with Crippen LogP contribution in [-0.4, -0.2) is 27.2 Å². The van der Waals surface area contributed by atoms with Crippen LogP contribution in [0.5, 0.6) is 0 Å². The standard InChI is InChI=1S/C16H18N4O2/c21-16(17-15-6-5-14(18-19-15)12-1-2-12)20(13-3-4-13)9-11-7-8-22-10-11/h5-8,10,12-13H,1-4,9H2,(H,17,19,21). The maximum absolute atomic E-state index is 12.5. The average molecular weight is 298 g/mol. The lowest BCUT2D eigenvalue weighted by Gasteiger charge is -2.21. The fourth-order valence-electron chi connectivity index (χ4n) is 2.52. The zero-order valence-electron chi connectivity index (χ0n) is 12.2. The number of nitrogens with zero attached hydrogens (tertiary/aromatic N) is 3. The second-order valence-corrected chi connectivity index (χ2v) is 6.04. The Labute approximate surface area is 128 Å². The van der Waals surface area contributed by atoms with E-state index >= 15 is 0 Å². The Bertz CT molecular complexity index is 645. The van der Waals surface area contributed by atoms with Crippen molar-refractivity contribution in [2.45, 2.75) is 44.2 Å². The number of anilines is 1. The molecule has 2 amide bonds. The van der Waals surface area contributed by atoms with Crippen molar-refractivity contribution in [1.29, 1.82) is 0 Å². The summed E-state index contributed by atoms with van der Waals surface area (Å²) in [6.07, 6.45) is 7.80. The Kier molecular flexibility index (Phi) is 3.29. The van der Waals surface area contributed by atoms with Crippen molar-refractivity contribution in [1.82, 2.24) is 15.1 Å². The third kappa shape index (κ3) is 2.95. The number of aromatic nitrogens is 2. The molecule has 0 aliphatic heterocycles. The van der Waals surface area contributed by atoms with Crippen LogP contribution in [0.25, 0.3) is 0 Å². The lowest BCUT2D eigenvalue weighted by molar-refractivity contribution is 0.206. The lowest BCUT2D eigenvalue weighted by atomic mass is 10.3. The Morgan fingerprint density at radius 3 is 2.68 bits per heavy atom. The number of rotatable bonds is 5. The van der Waals surface area contributed by atoms with Gasteiger partial charge in [0.25, 0.3) is 0 Å². The second-order valence-electron chi connectivity index (χ2n) is 6.04. The minimum absolute atomic E-state index is 0.128. The van der Waals surface area contributed by atoms with Crippen LogP contribution in [0.1, 0.15) is 42.9 Å². The molecule has 2 aromatic rings. The molecule has 1 N–H and O–H groups in total. The highest BCUT2D eigenvalue weighted by molar-refractivity contribution is 5.88. The third-order valence-electron chi connectivity index (χ3n) is 4.10. The van der Waals surface area contributed by atoms with Crippen LogP contribution < -0.4 is 5.32 Å². The van der Waals surface area contributed by atoms with Gasteiger partial charge in [-0.15, -0.1) is 5.10 Å². The number of carbonyl (C=O) groups excluding carboxylic acids is 1. The molecule has 0 atom stereocenters. The van der Waals surface area contributed by atoms with Gasteiger partial charge in [0, 0.05) is 17.5 Å². The first-order valence-electron chi connectivity index (χ1n) is 7.72. The Morgan fingerprint density at radius 2 is 2.09 bits per heavy atom. The van der Waals surface area contributed by atoms with Gasteiger partial charge in [-0.05, 0) is 43.9 Å². The molecule has 2 aromatic heterocycles. The molecule has 2 saturated carbocycles. The SMILES string of the molecule is O=C(Nc1ccc(C2CC2)nn1)N(Cc1ccoc1)C1CC1. The van der Waals surface area contributed by atoms with Crippen molar-refractivity contribution in [3.8, 4) is 0 Å². The highest BCUT2D eigenvalue weighted by Crippen LogP contribution is 2.38. The molecule has 22 heavy (non-hydrogen) atoms. The van der Waals surface area contributed by atoms with E-state index in [0.29, 0.717) is 24.3 Å². The molecule has 0 saturated heterocycles. The van der Waals surface area contributed by atoms with Crippen LogP contribution in [-0.2, 0) is 6.54 Å². The van der Waals surface area contributed by atoms with E-state index in [1.807, 2.05) is 23.1 Å². The molecule has 2 heterocycles. The average Bonchev–Trinajstić information content (AvgIpc) is 3.45. The summed E-state index contributed by atoms with van der Waals surface area (Å²) in [5, 5.41) is 11.1. The van der Waals surface area contributed by atoms with E-state index in [4.69, 9.17) is 4.42 Å². The van der Waals surface area contributed by atoms with E-state index in [0.717, 1.165) is 24.1 Å². The summed E-state index contributed by atoms with van der Waals surface area (Å²) in [7, 11) is 0. The molecule has 0 unspecified atom stereocenters. The number of furan rings is 1. The van der Waals surface area contributed by atoms with Crippen molar-refractivity contribution in [3.63, 3.8) is 0 Å². The molecule has 6 nitrogen and oxygen atoms in total. The summed E-state index contributed by atoms with van der Waals surface area (Å²) < 4.78 is 5.07. The van der Waals surface area contributed by atoms with Gasteiger partial charge in [0.15, 0.2) is 5.82 Å². The van der Waals surface area contributed by atoms with Crippen molar-refractivity contribution in [2.75, 3.05) is 5.32 Å². The molecule has 2 fully saturated rings. The highest BCUT2D eigenvalue weighted by Gasteiger charge is 2.33. The van der Waals surface area contributed by atoms with Crippen molar-refractivity contribution in [2.24, 2.45) is 0 Å². The molecule has 4 rings (SSSR count). The van der Waals surface area contributed by atoms with E-state index in [2.05, 4.69) is 15.5 Å². The second kappa shape index (κ2) is 5.44. The van der Waals surface area contributed by atoms with E-state index in [1.165, 1.54) is 12.8 Å². The molecule has 0 aromatic carbocycles. The van der Waals surface area contributed by atoms with Crippen LogP contribution in [0.15, 0.2) is 35.1 Å². The zero-order chi connectivity index (χ0) is 14.9. The zero-order valence-corrected chi connectivity index (χ0v) is 12.2. The maximum atomic E-state index is 12.5. The highest BCUT2D eigenvalue weighted by atomic mass is 16.3. The third-order valence-corrected chi connectivity index (χ3v) is 4.10. The van der Waals surface area contributed by atoms with E-state index < -0.39 is 0 Å². The molecule has 0 bridgehead atoms. The topological polar surface area (TPSA) is 71.3 Å². The largest absolute Gasteiger partial charge is 0.472 e. The van der Waals surface area contributed by atoms with Gasteiger partial charge in [-0.25, -0.2) is 4.79 Å².